The van der Waals surface area contributed by atoms with Crippen molar-refractivity contribution in [1.29, 1.82) is 0 Å². The molecule has 2 aromatic carbocycles. The van der Waals surface area contributed by atoms with Crippen LogP contribution in [0.15, 0.2) is 42.5 Å². The van der Waals surface area contributed by atoms with E-state index < -0.39 is 0 Å². The van der Waals surface area contributed by atoms with E-state index >= 15 is 0 Å². The lowest BCUT2D eigenvalue weighted by Crippen LogP contribution is -2.31. The highest BCUT2D eigenvalue weighted by molar-refractivity contribution is 5.88. The van der Waals surface area contributed by atoms with Gasteiger partial charge in [-0.1, -0.05) is 35.9 Å². The molecule has 2 amide bonds. The predicted octanol–water partition coefficient (Wildman–Crippen LogP) is 4.02. The summed E-state index contributed by atoms with van der Waals surface area (Å²) in [6.07, 6.45) is 0.339. The summed E-state index contributed by atoms with van der Waals surface area (Å²) in [6.45, 7) is 7.67. The van der Waals surface area contributed by atoms with Crippen LogP contribution in [0.3, 0.4) is 0 Å². The van der Waals surface area contributed by atoms with Crippen LogP contribution in [0.5, 0.6) is 0 Å². The zero-order chi connectivity index (χ0) is 18.6. The van der Waals surface area contributed by atoms with E-state index in [1.54, 1.807) is 4.90 Å². The number of nitrogens with zero attached hydrogens (tertiary/aromatic N) is 1. The van der Waals surface area contributed by atoms with Gasteiger partial charge >= 0.3 is 0 Å². The Bertz CT molecular complexity index is 766. The average molecular weight is 338 g/mol. The van der Waals surface area contributed by atoms with Crippen molar-refractivity contribution in [3.05, 3.63) is 64.7 Å². The second-order valence-corrected chi connectivity index (χ2v) is 6.60. The number of benzene rings is 2. The minimum Gasteiger partial charge on any atom is -0.339 e. The van der Waals surface area contributed by atoms with E-state index in [1.165, 1.54) is 23.6 Å². The molecular weight excluding hydrogens is 312 g/mol. The molecule has 0 aliphatic carbocycles. The van der Waals surface area contributed by atoms with Crippen molar-refractivity contribution in [2.45, 2.75) is 40.2 Å². The molecule has 25 heavy (non-hydrogen) atoms. The quantitative estimate of drug-likeness (QED) is 0.895. The van der Waals surface area contributed by atoms with Crippen molar-refractivity contribution >= 4 is 17.5 Å². The normalized spacial score (nSPS) is 11.7. The molecule has 0 bridgehead atoms. The first-order valence-corrected chi connectivity index (χ1v) is 8.47. The Balaban J connectivity index is 2.06. The lowest BCUT2D eigenvalue weighted by Gasteiger charge is -2.27. The maximum atomic E-state index is 12.6. The molecule has 4 nitrogen and oxygen atoms in total. The smallest absolute Gasteiger partial charge is 0.227 e. The van der Waals surface area contributed by atoms with Crippen LogP contribution in [0, 0.1) is 13.8 Å². The molecule has 2 aromatic rings. The fourth-order valence-electron chi connectivity index (χ4n) is 2.84. The zero-order valence-electron chi connectivity index (χ0n) is 15.6. The second-order valence-electron chi connectivity index (χ2n) is 6.60. The summed E-state index contributed by atoms with van der Waals surface area (Å²) >= 11 is 0. The summed E-state index contributed by atoms with van der Waals surface area (Å²) < 4.78 is 0. The van der Waals surface area contributed by atoms with E-state index in [9.17, 15) is 9.59 Å². The van der Waals surface area contributed by atoms with Crippen LogP contribution in [0.1, 0.15) is 42.1 Å². The number of nitrogens with one attached hydrogen (secondary N) is 1. The molecule has 0 saturated heterocycles. The number of carbonyl (C=O) groups is 2. The number of rotatable bonds is 5. The average Bonchev–Trinajstić information content (AvgIpc) is 2.57. The SMILES string of the molecule is CC(=O)Nc1ccc(CC(=O)N(C)C(C)c2cc(C)ccc2C)cc1. The lowest BCUT2D eigenvalue weighted by atomic mass is 9.98. The van der Waals surface area contributed by atoms with E-state index in [0.717, 1.165) is 11.3 Å². The van der Waals surface area contributed by atoms with Gasteiger partial charge in [0.2, 0.25) is 11.8 Å². The van der Waals surface area contributed by atoms with Gasteiger partial charge in [0, 0.05) is 19.7 Å². The van der Waals surface area contributed by atoms with Crippen molar-refractivity contribution in [3.8, 4) is 0 Å². The van der Waals surface area contributed by atoms with Gasteiger partial charge in [0.25, 0.3) is 0 Å². The highest BCUT2D eigenvalue weighted by atomic mass is 16.2. The monoisotopic (exact) mass is 338 g/mol. The summed E-state index contributed by atoms with van der Waals surface area (Å²) in [4.78, 5) is 25.5. The Kier molecular flexibility index (Phi) is 5.97. The lowest BCUT2D eigenvalue weighted by molar-refractivity contribution is -0.131. The summed E-state index contributed by atoms with van der Waals surface area (Å²) in [5.74, 6) is -0.0356. The molecule has 0 aliphatic heterocycles. The summed E-state index contributed by atoms with van der Waals surface area (Å²) in [5, 5.41) is 2.73. The van der Waals surface area contributed by atoms with Crippen molar-refractivity contribution < 1.29 is 9.59 Å². The maximum absolute atomic E-state index is 12.6. The zero-order valence-corrected chi connectivity index (χ0v) is 15.6. The van der Waals surface area contributed by atoms with Crippen LogP contribution >= 0.6 is 0 Å². The van der Waals surface area contributed by atoms with E-state index in [2.05, 4.69) is 44.3 Å². The molecular formula is C21H26N2O2. The largest absolute Gasteiger partial charge is 0.339 e. The first-order chi connectivity index (χ1) is 11.8. The Morgan fingerprint density at radius 1 is 1.08 bits per heavy atom. The second kappa shape index (κ2) is 7.97. The third-order valence-electron chi connectivity index (χ3n) is 4.49. The number of amides is 2. The minimum absolute atomic E-state index is 0.0195. The van der Waals surface area contributed by atoms with Gasteiger partial charge < -0.3 is 10.2 Å². The molecule has 0 aliphatic rings. The minimum atomic E-state index is -0.106. The standard InChI is InChI=1S/C21H26N2O2/c1-14-6-7-15(2)20(12-14)16(3)23(5)21(25)13-18-8-10-19(11-9-18)22-17(4)24/h6-12,16H,13H2,1-5H3,(H,22,24). The Hall–Kier alpha value is -2.62. The predicted molar refractivity (Wildman–Crippen MR) is 102 cm³/mol. The fourth-order valence-corrected chi connectivity index (χ4v) is 2.84. The fraction of sp³-hybridized carbons (Fsp3) is 0.333. The van der Waals surface area contributed by atoms with Crippen molar-refractivity contribution in [3.63, 3.8) is 0 Å². The van der Waals surface area contributed by atoms with Gasteiger partial charge in [0.1, 0.15) is 0 Å². The number of anilines is 1. The van der Waals surface area contributed by atoms with Crippen molar-refractivity contribution in [2.24, 2.45) is 0 Å². The van der Waals surface area contributed by atoms with Crippen LogP contribution in [-0.2, 0) is 16.0 Å². The molecule has 0 saturated carbocycles. The number of hydrogen-bond acceptors (Lipinski definition) is 2. The summed E-state index contributed by atoms with van der Waals surface area (Å²) in [5.41, 5.74) is 5.23. The van der Waals surface area contributed by atoms with E-state index in [-0.39, 0.29) is 17.9 Å². The molecule has 0 aromatic heterocycles. The highest BCUT2D eigenvalue weighted by Crippen LogP contribution is 2.24. The molecule has 1 atom stereocenters. The van der Waals surface area contributed by atoms with Gasteiger partial charge in [-0.15, -0.1) is 0 Å². The third-order valence-corrected chi connectivity index (χ3v) is 4.49. The molecule has 1 unspecified atom stereocenters. The first-order valence-electron chi connectivity index (χ1n) is 8.47. The van der Waals surface area contributed by atoms with Gasteiger partial charge in [-0.2, -0.15) is 0 Å². The topological polar surface area (TPSA) is 49.4 Å². The highest BCUT2D eigenvalue weighted by Gasteiger charge is 2.19. The number of likely N-dealkylation sites (N-methyl/N-ethyl adjacent to an activating group) is 1. The maximum Gasteiger partial charge on any atom is 0.227 e. The summed E-state index contributed by atoms with van der Waals surface area (Å²) in [6, 6.07) is 13.7. The molecule has 1 N–H and O–H groups in total. The molecule has 0 heterocycles. The van der Waals surface area contributed by atoms with Crippen LogP contribution in [0.4, 0.5) is 5.69 Å². The van der Waals surface area contributed by atoms with Gasteiger partial charge in [-0.3, -0.25) is 9.59 Å². The molecule has 4 heteroatoms. The molecule has 2 rings (SSSR count). The Morgan fingerprint density at radius 3 is 2.32 bits per heavy atom. The number of carbonyl (C=O) groups excluding carboxylic acids is 2. The molecule has 132 valence electrons. The van der Waals surface area contributed by atoms with Gasteiger partial charge in [0.05, 0.1) is 12.5 Å². The summed E-state index contributed by atoms with van der Waals surface area (Å²) in [7, 11) is 1.85. The molecule has 0 radical (unpaired) electrons. The van der Waals surface area contributed by atoms with E-state index in [1.807, 2.05) is 31.3 Å². The van der Waals surface area contributed by atoms with Crippen molar-refractivity contribution in [1.82, 2.24) is 4.90 Å². The van der Waals surface area contributed by atoms with Crippen molar-refractivity contribution in [2.75, 3.05) is 12.4 Å². The van der Waals surface area contributed by atoms with Crippen LogP contribution < -0.4 is 5.32 Å². The van der Waals surface area contributed by atoms with Gasteiger partial charge in [0.15, 0.2) is 0 Å². The molecule has 0 fully saturated rings. The number of hydrogen-bond donors (Lipinski definition) is 1. The van der Waals surface area contributed by atoms with Gasteiger partial charge in [-0.25, -0.2) is 0 Å². The van der Waals surface area contributed by atoms with E-state index in [4.69, 9.17) is 0 Å². The Morgan fingerprint density at radius 2 is 1.72 bits per heavy atom. The Labute approximate surface area is 149 Å². The van der Waals surface area contributed by atoms with Gasteiger partial charge in [-0.05, 0) is 49.6 Å². The van der Waals surface area contributed by atoms with E-state index in [0.29, 0.717) is 6.42 Å². The molecule has 0 spiro atoms. The third kappa shape index (κ3) is 4.92. The van der Waals surface area contributed by atoms with Crippen LogP contribution in [-0.4, -0.2) is 23.8 Å². The first kappa shape index (κ1) is 18.7. The van der Waals surface area contributed by atoms with Crippen LogP contribution in [0.2, 0.25) is 0 Å². The number of aryl methyl sites for hydroxylation is 2. The van der Waals surface area contributed by atoms with Crippen LogP contribution in [0.25, 0.3) is 0 Å².